The molecule has 0 unspecified atom stereocenters. The number of nitrogens with one attached hydrogen (secondary N) is 2. The first-order chi connectivity index (χ1) is 27.4. The predicted octanol–water partition coefficient (Wildman–Crippen LogP) is 3.13. The highest BCUT2D eigenvalue weighted by Crippen LogP contribution is 2.33. The van der Waals surface area contributed by atoms with Gasteiger partial charge in [0.1, 0.15) is 33.9 Å². The van der Waals surface area contributed by atoms with Crippen LogP contribution in [0.2, 0.25) is 0 Å². The highest BCUT2D eigenvalue weighted by molar-refractivity contribution is 6.05. The molecule has 0 aliphatic heterocycles. The van der Waals surface area contributed by atoms with Crippen LogP contribution in [0.5, 0.6) is 11.5 Å². The van der Waals surface area contributed by atoms with E-state index in [2.05, 4.69) is 25.8 Å². The number of methoxy groups -OCH3 is 1. The summed E-state index contributed by atoms with van der Waals surface area (Å²) >= 11 is 0. The second-order valence-electron chi connectivity index (χ2n) is 13.1. The summed E-state index contributed by atoms with van der Waals surface area (Å²) in [6.45, 7) is 9.27. The van der Waals surface area contributed by atoms with E-state index in [-0.39, 0.29) is 42.7 Å². The number of amides is 4. The number of ether oxygens (including phenoxy) is 2. The number of fused-ring (bicyclic) bond motifs is 2. The molecule has 0 bridgehead atoms. The number of allylic oxidation sites excluding steroid dienone is 2. The zero-order chi connectivity index (χ0) is 41.0. The highest BCUT2D eigenvalue weighted by atomic mass is 16.5. The Labute approximate surface area is 326 Å². The highest BCUT2D eigenvalue weighted by Gasteiger charge is 2.23. The molecule has 0 atom stereocenters. The molecule has 4 amide bonds. The van der Waals surface area contributed by atoms with E-state index in [1.54, 1.807) is 44.5 Å². The fourth-order valence-corrected chi connectivity index (χ4v) is 6.45. The number of hydrogen-bond acceptors (Lipinski definition) is 11. The van der Waals surface area contributed by atoms with Gasteiger partial charge in [0, 0.05) is 37.3 Å². The molecule has 0 saturated heterocycles. The van der Waals surface area contributed by atoms with Crippen molar-refractivity contribution in [2.75, 3.05) is 30.9 Å². The first-order valence-corrected chi connectivity index (χ1v) is 18.3. The van der Waals surface area contributed by atoms with Crippen LogP contribution in [0, 0.1) is 13.8 Å². The first-order valence-electron chi connectivity index (χ1n) is 18.3. The number of hydrogen-bond donors (Lipinski definition) is 5. The van der Waals surface area contributed by atoms with Crippen LogP contribution in [0.15, 0.2) is 48.6 Å². The van der Waals surface area contributed by atoms with Crippen molar-refractivity contribution in [1.29, 1.82) is 0 Å². The van der Waals surface area contributed by atoms with Crippen LogP contribution in [0.4, 0.5) is 11.9 Å². The molecule has 0 fully saturated rings. The Morgan fingerprint density at radius 1 is 0.719 bits per heavy atom. The number of primary amides is 2. The van der Waals surface area contributed by atoms with Gasteiger partial charge in [0.15, 0.2) is 0 Å². The van der Waals surface area contributed by atoms with Crippen molar-refractivity contribution in [2.24, 2.45) is 17.2 Å². The smallest absolute Gasteiger partial charge is 0.276 e. The van der Waals surface area contributed by atoms with Crippen LogP contribution in [0.3, 0.4) is 0 Å². The average Bonchev–Trinajstić information content (AvgIpc) is 3.95. The Balaban J connectivity index is 1.41. The van der Waals surface area contributed by atoms with Crippen LogP contribution in [0.1, 0.15) is 73.3 Å². The lowest BCUT2D eigenvalue weighted by molar-refractivity contribution is 0.0991. The molecule has 6 aromatic rings. The fraction of sp³-hybridized carbons (Fsp3) is 0.316. The average molecular weight is 780 g/mol. The molecular formula is C38H45N13O6. The third kappa shape index (κ3) is 8.18. The van der Waals surface area contributed by atoms with E-state index in [9.17, 15) is 19.2 Å². The maximum absolute atomic E-state index is 13.7. The second kappa shape index (κ2) is 16.8. The van der Waals surface area contributed by atoms with Gasteiger partial charge in [-0.1, -0.05) is 12.2 Å². The SMILES string of the molecule is CCn1nc(C)cc1C(=O)Nc1nc2cc(C(N)=O)cc(OC)c2n1C/C=C/Cn1c(NC(=O)c2cc(C)nn2CC)nc2cc(C(N)=O)cc(OCCCN)c21. The van der Waals surface area contributed by atoms with Gasteiger partial charge in [0.2, 0.25) is 23.7 Å². The second-order valence-corrected chi connectivity index (χ2v) is 13.1. The standard InChI is InChI=1S/C38H45N13O6/c1-6-50-27(15-21(3)46-50)35(54)44-37-42-25-17-23(33(40)52)19-29(56-5)31(25)48(37)12-8-9-13-49-32-26(18-24(34(41)53)20-30(32)57-14-10-11-39)43-38(49)45-36(55)28-16-22(4)47-51(28)7-2/h8-9,15-20H,6-7,10-14,39H2,1-5H3,(H2,40,52)(H2,41,53)(H,42,44,54)(H,43,45,55)/b9-8+. The lowest BCUT2D eigenvalue weighted by atomic mass is 10.1. The Morgan fingerprint density at radius 3 is 1.60 bits per heavy atom. The third-order valence-corrected chi connectivity index (χ3v) is 9.07. The number of nitrogens with zero attached hydrogens (tertiary/aromatic N) is 8. The summed E-state index contributed by atoms with van der Waals surface area (Å²) in [5.74, 6) is -1.22. The monoisotopic (exact) mass is 779 g/mol. The number of imidazole rings is 2. The van der Waals surface area contributed by atoms with Gasteiger partial charge in [-0.05, 0) is 77.1 Å². The van der Waals surface area contributed by atoms with Gasteiger partial charge >= 0.3 is 0 Å². The summed E-state index contributed by atoms with van der Waals surface area (Å²) in [5.41, 5.74) is 21.1. The Hall–Kier alpha value is -7.02. The van der Waals surface area contributed by atoms with Gasteiger partial charge in [-0.15, -0.1) is 0 Å². The normalized spacial score (nSPS) is 11.5. The van der Waals surface area contributed by atoms with Gasteiger partial charge < -0.3 is 35.8 Å². The number of aryl methyl sites for hydroxylation is 4. The largest absolute Gasteiger partial charge is 0.494 e. The lowest BCUT2D eigenvalue weighted by Crippen LogP contribution is -2.20. The Morgan fingerprint density at radius 2 is 1.18 bits per heavy atom. The number of aromatic nitrogens is 8. The molecule has 0 saturated carbocycles. The molecule has 2 aromatic carbocycles. The molecule has 57 heavy (non-hydrogen) atoms. The number of nitrogens with two attached hydrogens (primary N) is 3. The van der Waals surface area contributed by atoms with Crippen LogP contribution < -0.4 is 37.3 Å². The summed E-state index contributed by atoms with van der Waals surface area (Å²) in [6, 6.07) is 9.48. The van der Waals surface area contributed by atoms with E-state index in [0.717, 1.165) is 0 Å². The summed E-state index contributed by atoms with van der Waals surface area (Å²) in [5, 5.41) is 14.6. The van der Waals surface area contributed by atoms with Crippen molar-refractivity contribution in [1.82, 2.24) is 38.7 Å². The van der Waals surface area contributed by atoms with Gasteiger partial charge in [-0.25, -0.2) is 9.97 Å². The van der Waals surface area contributed by atoms with E-state index >= 15 is 0 Å². The summed E-state index contributed by atoms with van der Waals surface area (Å²) in [4.78, 5) is 61.1. The fourth-order valence-electron chi connectivity index (χ4n) is 6.45. The molecule has 298 valence electrons. The van der Waals surface area contributed by atoms with E-state index in [1.165, 1.54) is 31.4 Å². The van der Waals surface area contributed by atoms with Crippen LogP contribution in [0.25, 0.3) is 22.1 Å². The lowest BCUT2D eigenvalue weighted by Gasteiger charge is -2.13. The van der Waals surface area contributed by atoms with E-state index < -0.39 is 23.6 Å². The molecule has 4 heterocycles. The number of carbonyl (C=O) groups is 4. The maximum atomic E-state index is 13.7. The number of benzene rings is 2. The zero-order valence-corrected chi connectivity index (χ0v) is 32.3. The van der Waals surface area contributed by atoms with Crippen LogP contribution in [-0.2, 0) is 26.2 Å². The maximum Gasteiger partial charge on any atom is 0.276 e. The molecule has 4 aromatic heterocycles. The minimum Gasteiger partial charge on any atom is -0.494 e. The molecular weight excluding hydrogens is 735 g/mol. The number of anilines is 2. The molecule has 0 spiro atoms. The van der Waals surface area contributed by atoms with Crippen molar-refractivity contribution in [2.45, 2.75) is 60.3 Å². The number of carbonyl (C=O) groups excluding carboxylic acids is 4. The molecule has 6 rings (SSSR count). The molecule has 19 heteroatoms. The Bertz CT molecular complexity index is 2540. The van der Waals surface area contributed by atoms with E-state index in [4.69, 9.17) is 31.7 Å². The Kier molecular flexibility index (Phi) is 11.7. The molecule has 0 radical (unpaired) electrons. The van der Waals surface area contributed by atoms with Crippen molar-refractivity contribution in [3.05, 3.63) is 82.5 Å². The summed E-state index contributed by atoms with van der Waals surface area (Å²) in [7, 11) is 1.46. The van der Waals surface area contributed by atoms with Gasteiger partial charge in [-0.3, -0.25) is 39.2 Å². The topological polar surface area (TPSA) is 260 Å². The minimum absolute atomic E-state index is 0.160. The van der Waals surface area contributed by atoms with Crippen molar-refractivity contribution in [3.63, 3.8) is 0 Å². The van der Waals surface area contributed by atoms with E-state index in [1.807, 2.05) is 26.0 Å². The summed E-state index contributed by atoms with van der Waals surface area (Å²) in [6.07, 6.45) is 4.21. The van der Waals surface area contributed by atoms with Gasteiger partial charge in [0.25, 0.3) is 11.8 Å². The van der Waals surface area contributed by atoms with Crippen molar-refractivity contribution >= 4 is 57.6 Å². The number of rotatable bonds is 17. The molecule has 0 aliphatic carbocycles. The van der Waals surface area contributed by atoms with Crippen molar-refractivity contribution < 1.29 is 28.7 Å². The first kappa shape index (κ1) is 39.7. The molecule has 19 nitrogen and oxygen atoms in total. The van der Waals surface area contributed by atoms with Gasteiger partial charge in [-0.2, -0.15) is 10.2 Å². The minimum atomic E-state index is -0.675. The molecule has 0 aliphatic rings. The predicted molar refractivity (Wildman–Crippen MR) is 213 cm³/mol. The van der Waals surface area contributed by atoms with Gasteiger partial charge in [0.05, 0.1) is 36.1 Å². The van der Waals surface area contributed by atoms with Crippen LogP contribution in [-0.4, -0.2) is 82.6 Å². The van der Waals surface area contributed by atoms with Crippen LogP contribution >= 0.6 is 0 Å². The molecule has 8 N–H and O–H groups in total. The van der Waals surface area contributed by atoms with Crippen molar-refractivity contribution in [3.8, 4) is 11.5 Å². The zero-order valence-electron chi connectivity index (χ0n) is 32.3. The third-order valence-electron chi connectivity index (χ3n) is 9.07. The quantitative estimate of drug-likeness (QED) is 0.0663. The van der Waals surface area contributed by atoms with E-state index in [0.29, 0.717) is 82.4 Å². The summed E-state index contributed by atoms with van der Waals surface area (Å²) < 4.78 is 18.4.